The maximum atomic E-state index is 14.2. The number of benzene rings is 2. The van der Waals surface area contributed by atoms with Crippen molar-refractivity contribution in [3.05, 3.63) is 78.1 Å². The van der Waals surface area contributed by atoms with E-state index in [-0.39, 0.29) is 23.6 Å². The third kappa shape index (κ3) is 7.34. The van der Waals surface area contributed by atoms with Crippen LogP contribution in [0.5, 0.6) is 0 Å². The molecule has 2 saturated heterocycles. The molecule has 7 nitrogen and oxygen atoms in total. The summed E-state index contributed by atoms with van der Waals surface area (Å²) in [6.07, 6.45) is 5.69. The van der Waals surface area contributed by atoms with Gasteiger partial charge in [-0.3, -0.25) is 0 Å². The number of amides is 1. The van der Waals surface area contributed by atoms with Crippen molar-refractivity contribution in [3.8, 4) is 0 Å². The highest BCUT2D eigenvalue weighted by Crippen LogP contribution is 2.44. The Kier molecular flexibility index (Phi) is 9.44. The molecular weight excluding hydrogens is 543 g/mol. The highest BCUT2D eigenvalue weighted by atomic mass is 32.2. The molecule has 9 heteroatoms. The van der Waals surface area contributed by atoms with Gasteiger partial charge >= 0.3 is 6.09 Å². The summed E-state index contributed by atoms with van der Waals surface area (Å²) in [5.41, 5.74) is 1.88. The standard InChI is InChI=1S/C31H41N2O5PS/c1-7-23(29-21-39-29)19-28(37-6)22(2)20-33(26-14-16-32(17-15-26)30(34)38-31(3,4)5)40(35,36)27-13-12-24-10-8-9-11-25(24)18-27/h7-13,18-19,26,29,39H,1,14-17,20-21H2,2-6H3/b23-19+,28-22-. The van der Waals surface area contributed by atoms with Crippen molar-refractivity contribution in [1.29, 1.82) is 0 Å². The molecule has 0 radical (unpaired) electrons. The molecule has 2 heterocycles. The van der Waals surface area contributed by atoms with E-state index in [4.69, 9.17) is 9.47 Å². The van der Waals surface area contributed by atoms with Gasteiger partial charge < -0.3 is 14.4 Å². The number of methoxy groups -OCH3 is 1. The molecule has 0 bridgehead atoms. The van der Waals surface area contributed by atoms with E-state index >= 15 is 0 Å². The topological polar surface area (TPSA) is 76.2 Å². The van der Waals surface area contributed by atoms with Gasteiger partial charge in [-0.25, -0.2) is 13.2 Å². The zero-order chi connectivity index (χ0) is 29.1. The smallest absolute Gasteiger partial charge is 0.410 e. The Labute approximate surface area is 240 Å². The molecule has 0 aliphatic carbocycles. The van der Waals surface area contributed by atoms with E-state index in [1.54, 1.807) is 28.4 Å². The fourth-order valence-electron chi connectivity index (χ4n) is 4.95. The predicted molar refractivity (Wildman–Crippen MR) is 164 cm³/mol. The van der Waals surface area contributed by atoms with Gasteiger partial charge in [-0.2, -0.15) is 4.31 Å². The van der Waals surface area contributed by atoms with E-state index < -0.39 is 15.6 Å². The molecule has 2 aliphatic rings. The van der Waals surface area contributed by atoms with Crippen molar-refractivity contribution in [2.75, 3.05) is 32.9 Å². The van der Waals surface area contributed by atoms with Gasteiger partial charge in [0, 0.05) is 31.3 Å². The zero-order valence-corrected chi connectivity index (χ0v) is 26.0. The van der Waals surface area contributed by atoms with Crippen LogP contribution in [-0.2, 0) is 19.5 Å². The van der Waals surface area contributed by atoms with Crippen LogP contribution in [0.15, 0.2) is 83.0 Å². The van der Waals surface area contributed by atoms with Gasteiger partial charge in [-0.15, -0.1) is 8.58 Å². The van der Waals surface area contributed by atoms with Crippen LogP contribution in [0.4, 0.5) is 4.79 Å². The van der Waals surface area contributed by atoms with Crippen LogP contribution in [0.25, 0.3) is 10.8 Å². The van der Waals surface area contributed by atoms with Crippen molar-refractivity contribution >= 4 is 35.5 Å². The largest absolute Gasteiger partial charge is 0.497 e. The number of ether oxygens (including phenoxy) is 2. The first kappa shape index (κ1) is 30.3. The Morgan fingerprint density at radius 3 is 2.38 bits per heavy atom. The van der Waals surface area contributed by atoms with Crippen molar-refractivity contribution < 1.29 is 22.7 Å². The minimum atomic E-state index is -3.86. The molecular formula is C31H41N2O5PS. The van der Waals surface area contributed by atoms with E-state index in [2.05, 4.69) is 6.58 Å². The molecule has 0 N–H and O–H groups in total. The summed E-state index contributed by atoms with van der Waals surface area (Å²) in [6, 6.07) is 12.7. The average Bonchev–Trinajstić information content (AvgIpc) is 3.76. The predicted octanol–water partition coefficient (Wildman–Crippen LogP) is 6.32. The summed E-state index contributed by atoms with van der Waals surface area (Å²) in [4.78, 5) is 14.6. The third-order valence-corrected chi connectivity index (χ3v) is 10.3. The van der Waals surface area contributed by atoms with E-state index in [1.807, 2.05) is 70.2 Å². The number of hydrogen-bond donors (Lipinski definition) is 0. The molecule has 1 amide bonds. The van der Waals surface area contributed by atoms with Gasteiger partial charge in [0.1, 0.15) is 11.4 Å². The number of rotatable bonds is 9. The summed E-state index contributed by atoms with van der Waals surface area (Å²) in [6.45, 7) is 12.4. The van der Waals surface area contributed by atoms with Crippen LogP contribution < -0.4 is 0 Å². The highest BCUT2D eigenvalue weighted by Gasteiger charge is 2.36. The van der Waals surface area contributed by atoms with E-state index in [0.29, 0.717) is 37.3 Å². The zero-order valence-electron chi connectivity index (χ0n) is 24.1. The van der Waals surface area contributed by atoms with Crippen LogP contribution in [0.3, 0.4) is 0 Å². The Balaban J connectivity index is 1.66. The normalized spacial score (nSPS) is 20.0. The van der Waals surface area contributed by atoms with Crippen molar-refractivity contribution in [2.45, 2.75) is 62.7 Å². The van der Waals surface area contributed by atoms with Crippen molar-refractivity contribution in [2.24, 2.45) is 0 Å². The molecule has 216 valence electrons. The van der Waals surface area contributed by atoms with Gasteiger partial charge in [0.15, 0.2) is 0 Å². The lowest BCUT2D eigenvalue weighted by atomic mass is 10.0. The Hall–Kier alpha value is -2.67. The fourth-order valence-corrected chi connectivity index (χ4v) is 7.50. The van der Waals surface area contributed by atoms with E-state index in [0.717, 1.165) is 36.7 Å². The number of carbonyl (C=O) groups excluding carboxylic acids is 1. The summed E-state index contributed by atoms with van der Waals surface area (Å²) in [5, 5.41) is 1.86. The maximum Gasteiger partial charge on any atom is 0.410 e. The first-order chi connectivity index (χ1) is 18.9. The van der Waals surface area contributed by atoms with Gasteiger partial charge in [0.05, 0.1) is 12.0 Å². The number of piperidine rings is 1. The lowest BCUT2D eigenvalue weighted by Crippen LogP contribution is -2.50. The molecule has 0 aromatic heterocycles. The summed E-state index contributed by atoms with van der Waals surface area (Å²) < 4.78 is 41.4. The first-order valence-electron chi connectivity index (χ1n) is 13.7. The number of sulfonamides is 1. The van der Waals surface area contributed by atoms with Crippen molar-refractivity contribution in [1.82, 2.24) is 9.21 Å². The second-order valence-electron chi connectivity index (χ2n) is 11.4. The summed E-state index contributed by atoms with van der Waals surface area (Å²) in [5.74, 6) is 0.663. The first-order valence-corrected chi connectivity index (χ1v) is 16.4. The molecule has 0 spiro atoms. The van der Waals surface area contributed by atoms with Crippen LogP contribution >= 0.6 is 8.58 Å². The number of nitrogens with zero attached hydrogens (tertiary/aromatic N) is 2. The van der Waals surface area contributed by atoms with Crippen LogP contribution in [0.2, 0.25) is 0 Å². The van der Waals surface area contributed by atoms with Crippen LogP contribution in [-0.4, -0.2) is 73.9 Å². The lowest BCUT2D eigenvalue weighted by Gasteiger charge is -2.38. The molecule has 0 saturated carbocycles. The minimum Gasteiger partial charge on any atom is -0.497 e. The third-order valence-electron chi connectivity index (χ3n) is 7.23. The Morgan fingerprint density at radius 1 is 1.15 bits per heavy atom. The number of carbonyl (C=O) groups is 1. The maximum absolute atomic E-state index is 14.2. The van der Waals surface area contributed by atoms with E-state index in [9.17, 15) is 13.2 Å². The quantitative estimate of drug-likeness (QED) is 0.196. The Bertz CT molecular complexity index is 1410. The van der Waals surface area contributed by atoms with Gasteiger partial charge in [-0.05, 0) is 86.8 Å². The molecule has 2 aliphatic heterocycles. The molecule has 2 fully saturated rings. The molecule has 2 atom stereocenters. The van der Waals surface area contributed by atoms with Crippen molar-refractivity contribution in [3.63, 3.8) is 0 Å². The number of likely N-dealkylation sites (tertiary alicyclic amines) is 1. The molecule has 40 heavy (non-hydrogen) atoms. The van der Waals surface area contributed by atoms with Gasteiger partial charge in [0.25, 0.3) is 0 Å². The second kappa shape index (κ2) is 12.5. The lowest BCUT2D eigenvalue weighted by molar-refractivity contribution is 0.0179. The summed E-state index contributed by atoms with van der Waals surface area (Å²) >= 11 is 0. The van der Waals surface area contributed by atoms with Crippen LogP contribution in [0.1, 0.15) is 40.5 Å². The monoisotopic (exact) mass is 584 g/mol. The average molecular weight is 585 g/mol. The number of allylic oxidation sites excluding steroid dienone is 3. The second-order valence-corrected chi connectivity index (χ2v) is 14.8. The summed E-state index contributed by atoms with van der Waals surface area (Å²) in [7, 11) is -1.35. The van der Waals surface area contributed by atoms with Gasteiger partial charge in [0.2, 0.25) is 10.0 Å². The SMILES string of the molecule is C=C/C(=C\C(OC)=C(/C)CN(C1CCN(C(=O)OC(C)(C)C)CC1)S(=O)(=O)c1ccc2ccccc2c1)C1CP1. The number of fused-ring (bicyclic) bond motifs is 1. The minimum absolute atomic E-state index is 0.184. The van der Waals surface area contributed by atoms with E-state index in [1.165, 1.54) is 0 Å². The highest BCUT2D eigenvalue weighted by molar-refractivity contribution is 7.89. The molecule has 2 aromatic rings. The number of hydrogen-bond acceptors (Lipinski definition) is 5. The molecule has 4 rings (SSSR count). The molecule has 2 aromatic carbocycles. The Morgan fingerprint density at radius 2 is 1.80 bits per heavy atom. The fraction of sp³-hybridized carbons (Fsp3) is 0.452. The van der Waals surface area contributed by atoms with Crippen LogP contribution in [0, 0.1) is 0 Å². The molecule has 2 unspecified atom stereocenters. The van der Waals surface area contributed by atoms with Gasteiger partial charge in [-0.1, -0.05) is 43.0 Å².